The van der Waals surface area contributed by atoms with Crippen LogP contribution in [0.3, 0.4) is 0 Å². The van der Waals surface area contributed by atoms with Crippen LogP contribution in [-0.2, 0) is 13.1 Å². The summed E-state index contributed by atoms with van der Waals surface area (Å²) in [6, 6.07) is 3.18. The molecule has 2 rings (SSSR count). The first-order valence-electron chi connectivity index (χ1n) is 8.21. The van der Waals surface area contributed by atoms with Crippen LogP contribution in [-0.4, -0.2) is 40.4 Å². The highest BCUT2D eigenvalue weighted by atomic mass is 127. The van der Waals surface area contributed by atoms with Crippen molar-refractivity contribution in [1.82, 2.24) is 25.4 Å². The molecule has 0 amide bonds. The van der Waals surface area contributed by atoms with E-state index in [1.165, 1.54) is 0 Å². The number of aryl methyl sites for hydroxylation is 1. The quantitative estimate of drug-likeness (QED) is 0.226. The molecule has 0 atom stereocenters. The van der Waals surface area contributed by atoms with Crippen molar-refractivity contribution in [3.63, 3.8) is 0 Å². The van der Waals surface area contributed by atoms with Gasteiger partial charge in [0.15, 0.2) is 17.5 Å². The van der Waals surface area contributed by atoms with Crippen molar-refractivity contribution < 1.29 is 4.74 Å². The van der Waals surface area contributed by atoms with Gasteiger partial charge in [0.2, 0.25) is 0 Å². The van der Waals surface area contributed by atoms with Crippen LogP contribution >= 0.6 is 58.8 Å². The maximum absolute atomic E-state index is 6.10. The fraction of sp³-hybridized carbons (Fsp3) is 0.438. The molecule has 7 nitrogen and oxygen atoms in total. The molecular weight excluding hydrogens is 525 g/mol. The second-order valence-corrected chi connectivity index (χ2v) is 6.45. The standard InChI is InChI=1S/C16H21Cl3N6O.HI/c1-3-20-16(22-9-14-24-23-10-25(14)4-2)21-5-6-26-15-12(18)7-11(17)8-13(15)19;/h7-8,10H,3-6,9H2,1-2H3,(H2,20,21,22);1H. The first-order valence-corrected chi connectivity index (χ1v) is 9.34. The van der Waals surface area contributed by atoms with Gasteiger partial charge in [0.25, 0.3) is 0 Å². The molecule has 2 aromatic rings. The van der Waals surface area contributed by atoms with E-state index in [-0.39, 0.29) is 24.0 Å². The number of aliphatic imine (C=N–C) groups is 1. The topological polar surface area (TPSA) is 76.4 Å². The molecule has 1 aromatic heterocycles. The molecule has 0 aliphatic heterocycles. The van der Waals surface area contributed by atoms with E-state index in [1.807, 2.05) is 18.4 Å². The van der Waals surface area contributed by atoms with E-state index in [9.17, 15) is 0 Å². The van der Waals surface area contributed by atoms with E-state index in [1.54, 1.807) is 18.5 Å². The number of guanidine groups is 1. The van der Waals surface area contributed by atoms with Crippen molar-refractivity contribution in [2.24, 2.45) is 4.99 Å². The number of rotatable bonds is 8. The molecule has 0 aliphatic rings. The van der Waals surface area contributed by atoms with Crippen LogP contribution in [0.5, 0.6) is 5.75 Å². The van der Waals surface area contributed by atoms with Crippen LogP contribution in [0.2, 0.25) is 15.1 Å². The molecule has 0 radical (unpaired) electrons. The molecule has 2 N–H and O–H groups in total. The molecule has 27 heavy (non-hydrogen) atoms. The minimum Gasteiger partial charge on any atom is -0.489 e. The van der Waals surface area contributed by atoms with Gasteiger partial charge in [0.1, 0.15) is 19.5 Å². The number of hydrogen-bond acceptors (Lipinski definition) is 4. The molecule has 1 aromatic carbocycles. The molecule has 150 valence electrons. The van der Waals surface area contributed by atoms with Crippen molar-refractivity contribution in [3.05, 3.63) is 39.4 Å². The monoisotopic (exact) mass is 546 g/mol. The zero-order valence-corrected chi connectivity index (χ0v) is 19.6. The van der Waals surface area contributed by atoms with Crippen molar-refractivity contribution in [1.29, 1.82) is 0 Å². The predicted octanol–water partition coefficient (Wildman–Crippen LogP) is 4.01. The SMILES string of the molecule is CCNC(=NCc1nncn1CC)NCCOc1c(Cl)cc(Cl)cc1Cl.I. The Morgan fingerprint density at radius 2 is 1.89 bits per heavy atom. The molecule has 0 fully saturated rings. The predicted molar refractivity (Wildman–Crippen MR) is 121 cm³/mol. The fourth-order valence-corrected chi connectivity index (χ4v) is 3.07. The van der Waals surface area contributed by atoms with Gasteiger partial charge < -0.3 is 19.9 Å². The Kier molecular flexibility index (Phi) is 11.1. The zero-order valence-electron chi connectivity index (χ0n) is 15.0. The largest absolute Gasteiger partial charge is 0.489 e. The van der Waals surface area contributed by atoms with Crippen LogP contribution in [0.4, 0.5) is 0 Å². The minimum absolute atomic E-state index is 0. The lowest BCUT2D eigenvalue weighted by atomic mass is 10.3. The van der Waals surface area contributed by atoms with Gasteiger partial charge in [-0.2, -0.15) is 0 Å². The van der Waals surface area contributed by atoms with Gasteiger partial charge in [-0.05, 0) is 26.0 Å². The number of halogens is 4. The van der Waals surface area contributed by atoms with E-state index >= 15 is 0 Å². The van der Waals surface area contributed by atoms with E-state index < -0.39 is 0 Å². The summed E-state index contributed by atoms with van der Waals surface area (Å²) >= 11 is 18.1. The summed E-state index contributed by atoms with van der Waals surface area (Å²) in [5.41, 5.74) is 0. The highest BCUT2D eigenvalue weighted by molar-refractivity contribution is 14.0. The highest BCUT2D eigenvalue weighted by Crippen LogP contribution is 2.35. The van der Waals surface area contributed by atoms with Crippen LogP contribution < -0.4 is 15.4 Å². The minimum atomic E-state index is 0. The van der Waals surface area contributed by atoms with Gasteiger partial charge in [0.05, 0.1) is 16.6 Å². The third kappa shape index (κ3) is 7.52. The normalized spacial score (nSPS) is 11.1. The Hall–Kier alpha value is -0.970. The van der Waals surface area contributed by atoms with Crippen LogP contribution in [0.15, 0.2) is 23.5 Å². The Balaban J connectivity index is 0.00000364. The van der Waals surface area contributed by atoms with Gasteiger partial charge in [-0.15, -0.1) is 34.2 Å². The molecule has 0 saturated carbocycles. The van der Waals surface area contributed by atoms with E-state index in [0.29, 0.717) is 46.5 Å². The lowest BCUT2D eigenvalue weighted by Gasteiger charge is -2.13. The van der Waals surface area contributed by atoms with E-state index in [4.69, 9.17) is 39.5 Å². The van der Waals surface area contributed by atoms with Gasteiger partial charge in [-0.25, -0.2) is 4.99 Å². The molecule has 1 heterocycles. The van der Waals surface area contributed by atoms with Crippen molar-refractivity contribution in [2.75, 3.05) is 19.7 Å². The third-order valence-electron chi connectivity index (χ3n) is 3.36. The third-order valence-corrected chi connectivity index (χ3v) is 4.14. The Morgan fingerprint density at radius 3 is 2.52 bits per heavy atom. The fourth-order valence-electron chi connectivity index (χ4n) is 2.15. The lowest BCUT2D eigenvalue weighted by Crippen LogP contribution is -2.39. The molecule has 0 bridgehead atoms. The van der Waals surface area contributed by atoms with Crippen molar-refractivity contribution in [2.45, 2.75) is 26.9 Å². The molecule has 0 unspecified atom stereocenters. The highest BCUT2D eigenvalue weighted by Gasteiger charge is 2.09. The van der Waals surface area contributed by atoms with E-state index in [0.717, 1.165) is 18.9 Å². The number of nitrogens with one attached hydrogen (secondary N) is 2. The number of benzene rings is 1. The van der Waals surface area contributed by atoms with Crippen LogP contribution in [0.25, 0.3) is 0 Å². The Labute approximate surface area is 190 Å². The van der Waals surface area contributed by atoms with Crippen LogP contribution in [0.1, 0.15) is 19.7 Å². The van der Waals surface area contributed by atoms with Crippen LogP contribution in [0, 0.1) is 0 Å². The zero-order chi connectivity index (χ0) is 18.9. The van der Waals surface area contributed by atoms with Gasteiger partial charge >= 0.3 is 0 Å². The second kappa shape index (κ2) is 12.5. The van der Waals surface area contributed by atoms with Crippen molar-refractivity contribution in [3.8, 4) is 5.75 Å². The molecule has 11 heteroatoms. The number of hydrogen-bond donors (Lipinski definition) is 2. The smallest absolute Gasteiger partial charge is 0.191 e. The molecule has 0 saturated heterocycles. The van der Waals surface area contributed by atoms with Crippen molar-refractivity contribution >= 4 is 64.7 Å². The summed E-state index contributed by atoms with van der Waals surface area (Å²) in [6.45, 7) is 6.87. The summed E-state index contributed by atoms with van der Waals surface area (Å²) in [5.74, 6) is 1.88. The first-order chi connectivity index (χ1) is 12.5. The average Bonchev–Trinajstić information content (AvgIpc) is 3.05. The summed E-state index contributed by atoms with van der Waals surface area (Å²) in [7, 11) is 0. The molecule has 0 spiro atoms. The number of nitrogens with zero attached hydrogens (tertiary/aromatic N) is 4. The number of aromatic nitrogens is 3. The Bertz CT molecular complexity index is 733. The number of ether oxygens (including phenoxy) is 1. The summed E-state index contributed by atoms with van der Waals surface area (Å²) in [4.78, 5) is 4.50. The summed E-state index contributed by atoms with van der Waals surface area (Å²) < 4.78 is 7.59. The first kappa shape index (κ1) is 24.1. The van der Waals surface area contributed by atoms with E-state index in [2.05, 4.69) is 25.8 Å². The molecular formula is C16H22Cl3IN6O. The second-order valence-electron chi connectivity index (χ2n) is 5.20. The van der Waals surface area contributed by atoms with Gasteiger partial charge in [0, 0.05) is 18.1 Å². The summed E-state index contributed by atoms with van der Waals surface area (Å²) in [6.07, 6.45) is 1.69. The maximum atomic E-state index is 6.10. The average molecular weight is 548 g/mol. The Morgan fingerprint density at radius 1 is 1.19 bits per heavy atom. The molecule has 0 aliphatic carbocycles. The van der Waals surface area contributed by atoms with Gasteiger partial charge in [-0.1, -0.05) is 34.8 Å². The maximum Gasteiger partial charge on any atom is 0.191 e. The summed E-state index contributed by atoms with van der Waals surface area (Å²) in [5, 5.41) is 15.5. The van der Waals surface area contributed by atoms with Gasteiger partial charge in [-0.3, -0.25) is 0 Å². The lowest BCUT2D eigenvalue weighted by molar-refractivity contribution is 0.322.